The van der Waals surface area contributed by atoms with E-state index in [1.54, 1.807) is 36.4 Å². The zero-order chi connectivity index (χ0) is 24.4. The number of carbonyl (C=O) groups excluding carboxylic acids is 2. The minimum atomic E-state index is -0.385. The average molecular weight is 461 g/mol. The van der Waals surface area contributed by atoms with Crippen LogP contribution in [0.1, 0.15) is 34.6 Å². The number of benzene rings is 3. The summed E-state index contributed by atoms with van der Waals surface area (Å²) in [6.45, 7) is 4.47. The van der Waals surface area contributed by atoms with Crippen LogP contribution in [0.4, 0.5) is 4.39 Å². The first-order valence-corrected chi connectivity index (χ1v) is 10.9. The molecule has 2 amide bonds. The molecule has 3 N–H and O–H groups in total. The molecule has 0 saturated heterocycles. The van der Waals surface area contributed by atoms with Crippen LogP contribution in [0.3, 0.4) is 0 Å². The van der Waals surface area contributed by atoms with E-state index >= 15 is 0 Å². The third-order valence-electron chi connectivity index (χ3n) is 5.49. The molecule has 3 aromatic carbocycles. The number of aromatic hydroxyl groups is 1. The van der Waals surface area contributed by atoms with Gasteiger partial charge in [-0.05, 0) is 65.6 Å². The van der Waals surface area contributed by atoms with Crippen LogP contribution in [0.5, 0.6) is 5.75 Å². The van der Waals surface area contributed by atoms with Crippen molar-refractivity contribution in [2.75, 3.05) is 13.6 Å². The smallest absolute Gasteiger partial charge is 0.255 e. The molecular formula is C27H25FN2O4. The summed E-state index contributed by atoms with van der Waals surface area (Å²) >= 11 is 0. The number of rotatable bonds is 6. The second-order valence-corrected chi connectivity index (χ2v) is 8.44. The van der Waals surface area contributed by atoms with Gasteiger partial charge in [0.1, 0.15) is 22.9 Å². The minimum absolute atomic E-state index is 0.112. The van der Waals surface area contributed by atoms with Crippen molar-refractivity contribution >= 4 is 22.8 Å². The predicted molar refractivity (Wildman–Crippen MR) is 129 cm³/mol. The number of hydrogen-bond donors (Lipinski definition) is 3. The van der Waals surface area contributed by atoms with E-state index in [4.69, 9.17) is 4.42 Å². The van der Waals surface area contributed by atoms with E-state index in [0.717, 1.165) is 5.56 Å². The van der Waals surface area contributed by atoms with E-state index in [1.807, 2.05) is 19.9 Å². The van der Waals surface area contributed by atoms with Crippen molar-refractivity contribution in [3.63, 3.8) is 0 Å². The van der Waals surface area contributed by atoms with Crippen molar-refractivity contribution in [3.8, 4) is 28.2 Å². The van der Waals surface area contributed by atoms with Crippen LogP contribution in [-0.4, -0.2) is 30.5 Å². The highest BCUT2D eigenvalue weighted by atomic mass is 19.1. The fourth-order valence-corrected chi connectivity index (χ4v) is 3.72. The Labute approximate surface area is 196 Å². The molecule has 0 aliphatic carbocycles. The number of halogens is 1. The molecule has 6 nitrogen and oxygen atoms in total. The zero-order valence-electron chi connectivity index (χ0n) is 19.1. The van der Waals surface area contributed by atoms with E-state index in [-0.39, 0.29) is 34.9 Å². The van der Waals surface area contributed by atoms with Gasteiger partial charge in [0.25, 0.3) is 11.8 Å². The largest absolute Gasteiger partial charge is 0.507 e. The van der Waals surface area contributed by atoms with Gasteiger partial charge in [0.15, 0.2) is 0 Å². The summed E-state index contributed by atoms with van der Waals surface area (Å²) in [5, 5.41) is 16.3. The number of phenolic OH excluding ortho intramolecular Hbond substituents is 1. The standard InChI is InChI=1S/C27H25FN2O4/c1-15(2)14-30-26(32)20-12-17(6-10-22(20)31)18-7-11-23-21(13-18)24(27(33)29-3)25(34-23)16-4-8-19(28)9-5-16/h4-13,15,31H,14H2,1-3H3,(H,29,33)(H,30,32). The van der Waals surface area contributed by atoms with Gasteiger partial charge in [0.2, 0.25) is 0 Å². The van der Waals surface area contributed by atoms with Gasteiger partial charge in [0, 0.05) is 24.5 Å². The second kappa shape index (κ2) is 9.39. The molecule has 0 atom stereocenters. The Bertz CT molecular complexity index is 1370. The topological polar surface area (TPSA) is 91.6 Å². The molecule has 0 bridgehead atoms. The van der Waals surface area contributed by atoms with Gasteiger partial charge in [0.05, 0.1) is 11.1 Å². The lowest BCUT2D eigenvalue weighted by Gasteiger charge is -2.11. The molecule has 1 aromatic heterocycles. The summed E-state index contributed by atoms with van der Waals surface area (Å²) in [7, 11) is 1.53. The van der Waals surface area contributed by atoms with E-state index in [9.17, 15) is 19.1 Å². The highest BCUT2D eigenvalue weighted by Crippen LogP contribution is 2.36. The fraction of sp³-hybridized carbons (Fsp3) is 0.185. The van der Waals surface area contributed by atoms with E-state index < -0.39 is 0 Å². The molecule has 0 unspecified atom stereocenters. The molecule has 0 aliphatic rings. The van der Waals surface area contributed by atoms with E-state index in [2.05, 4.69) is 10.6 Å². The van der Waals surface area contributed by atoms with Crippen LogP contribution in [0.25, 0.3) is 33.4 Å². The molecule has 4 aromatic rings. The summed E-state index contributed by atoms with van der Waals surface area (Å²) in [5.41, 5.74) is 3.01. The Morgan fingerprint density at radius 2 is 1.59 bits per heavy atom. The Hall–Kier alpha value is -4.13. The van der Waals surface area contributed by atoms with Gasteiger partial charge in [-0.3, -0.25) is 9.59 Å². The molecule has 174 valence electrons. The SMILES string of the molecule is CNC(=O)c1c(-c2ccc(F)cc2)oc2ccc(-c3ccc(O)c(C(=O)NCC(C)C)c3)cc12. The molecule has 34 heavy (non-hydrogen) atoms. The van der Waals surface area contributed by atoms with Gasteiger partial charge in [-0.15, -0.1) is 0 Å². The fourth-order valence-electron chi connectivity index (χ4n) is 3.72. The molecule has 0 aliphatic heterocycles. The molecule has 0 radical (unpaired) electrons. The highest BCUT2D eigenvalue weighted by Gasteiger charge is 2.22. The van der Waals surface area contributed by atoms with Crippen molar-refractivity contribution in [1.82, 2.24) is 10.6 Å². The van der Waals surface area contributed by atoms with Crippen LogP contribution < -0.4 is 10.6 Å². The number of carbonyl (C=O) groups is 2. The molecular weight excluding hydrogens is 435 g/mol. The Kier molecular flexibility index (Phi) is 6.36. The second-order valence-electron chi connectivity index (χ2n) is 8.44. The lowest BCUT2D eigenvalue weighted by atomic mass is 9.98. The maximum absolute atomic E-state index is 13.4. The lowest BCUT2D eigenvalue weighted by Crippen LogP contribution is -2.27. The van der Waals surface area contributed by atoms with Gasteiger partial charge in [-0.1, -0.05) is 26.0 Å². The number of hydrogen-bond acceptors (Lipinski definition) is 4. The van der Waals surface area contributed by atoms with Crippen molar-refractivity contribution in [3.05, 3.63) is 77.6 Å². The van der Waals surface area contributed by atoms with Crippen LogP contribution in [-0.2, 0) is 0 Å². The number of fused-ring (bicyclic) bond motifs is 1. The van der Waals surface area contributed by atoms with Gasteiger partial charge in [-0.2, -0.15) is 0 Å². The summed E-state index contributed by atoms with van der Waals surface area (Å²) < 4.78 is 19.4. The number of nitrogens with one attached hydrogen (secondary N) is 2. The normalized spacial score (nSPS) is 11.1. The summed E-state index contributed by atoms with van der Waals surface area (Å²) in [6.07, 6.45) is 0. The Morgan fingerprint density at radius 1 is 0.941 bits per heavy atom. The Morgan fingerprint density at radius 3 is 2.26 bits per heavy atom. The summed E-state index contributed by atoms with van der Waals surface area (Å²) in [6, 6.07) is 15.9. The van der Waals surface area contributed by atoms with Crippen LogP contribution in [0.2, 0.25) is 0 Å². The third-order valence-corrected chi connectivity index (χ3v) is 5.49. The molecule has 0 saturated carbocycles. The van der Waals surface area contributed by atoms with Gasteiger partial charge >= 0.3 is 0 Å². The van der Waals surface area contributed by atoms with Crippen molar-refractivity contribution in [2.24, 2.45) is 5.92 Å². The van der Waals surface area contributed by atoms with E-state index in [0.29, 0.717) is 40.0 Å². The monoisotopic (exact) mass is 460 g/mol. The summed E-state index contributed by atoms with van der Waals surface area (Å²) in [4.78, 5) is 25.3. The maximum atomic E-state index is 13.4. The zero-order valence-corrected chi connectivity index (χ0v) is 19.1. The van der Waals surface area contributed by atoms with Crippen molar-refractivity contribution in [2.45, 2.75) is 13.8 Å². The average Bonchev–Trinajstić information content (AvgIpc) is 3.21. The first-order chi connectivity index (χ1) is 16.3. The molecule has 0 fully saturated rings. The van der Waals surface area contributed by atoms with Crippen molar-refractivity contribution in [1.29, 1.82) is 0 Å². The lowest BCUT2D eigenvalue weighted by molar-refractivity contribution is 0.0943. The van der Waals surface area contributed by atoms with Crippen LogP contribution >= 0.6 is 0 Å². The highest BCUT2D eigenvalue weighted by molar-refractivity contribution is 6.12. The Balaban J connectivity index is 1.81. The first kappa shape index (κ1) is 23.0. The number of phenols is 1. The quantitative estimate of drug-likeness (QED) is 0.361. The number of furan rings is 1. The molecule has 1 heterocycles. The van der Waals surface area contributed by atoms with E-state index in [1.165, 1.54) is 25.2 Å². The molecule has 7 heteroatoms. The third kappa shape index (κ3) is 4.50. The van der Waals surface area contributed by atoms with Gasteiger partial charge < -0.3 is 20.2 Å². The van der Waals surface area contributed by atoms with Crippen molar-refractivity contribution < 1.29 is 23.5 Å². The first-order valence-electron chi connectivity index (χ1n) is 10.9. The predicted octanol–water partition coefficient (Wildman–Crippen LogP) is 5.36. The summed E-state index contributed by atoms with van der Waals surface area (Å²) in [5.74, 6) is -0.581. The number of amides is 2. The minimum Gasteiger partial charge on any atom is -0.507 e. The van der Waals surface area contributed by atoms with Crippen LogP contribution in [0, 0.1) is 11.7 Å². The van der Waals surface area contributed by atoms with Gasteiger partial charge in [-0.25, -0.2) is 4.39 Å². The molecule has 0 spiro atoms. The maximum Gasteiger partial charge on any atom is 0.255 e. The van der Waals surface area contributed by atoms with Crippen LogP contribution in [0.15, 0.2) is 65.1 Å². The molecule has 4 rings (SSSR count).